The Hall–Kier alpha value is -0.780. The van der Waals surface area contributed by atoms with E-state index in [1.165, 1.54) is 0 Å². The highest BCUT2D eigenvalue weighted by atomic mass is 79.9. The smallest absolute Gasteiger partial charge is 0.257 e. The molecule has 0 radical (unpaired) electrons. The maximum absolute atomic E-state index is 12.7. The Labute approximate surface area is 139 Å². The number of nitrogens with two attached hydrogens (primary N) is 1. The van der Waals surface area contributed by atoms with Gasteiger partial charge in [0.05, 0.1) is 12.7 Å². The van der Waals surface area contributed by atoms with Crippen LogP contribution in [0, 0.1) is 11.8 Å². The van der Waals surface area contributed by atoms with Crippen LogP contribution in [0.3, 0.4) is 0 Å². The highest BCUT2D eigenvalue weighted by molar-refractivity contribution is 9.10. The van der Waals surface area contributed by atoms with E-state index >= 15 is 0 Å². The van der Waals surface area contributed by atoms with Crippen molar-refractivity contribution in [2.75, 3.05) is 20.2 Å². The normalized spacial score (nSPS) is 27.2. The van der Waals surface area contributed by atoms with Crippen molar-refractivity contribution in [3.05, 3.63) is 28.2 Å². The molecule has 1 aliphatic heterocycles. The SMILES string of the molecule is COc1cc(Br)ccc1C(=O)N1CC2CCC(N)C2C1.Cl. The molecule has 21 heavy (non-hydrogen) atoms. The zero-order valence-corrected chi connectivity index (χ0v) is 14.3. The van der Waals surface area contributed by atoms with Gasteiger partial charge >= 0.3 is 0 Å². The highest BCUT2D eigenvalue weighted by Gasteiger charge is 2.42. The molecule has 2 fully saturated rings. The molecule has 1 heterocycles. The number of fused-ring (bicyclic) bond motifs is 1. The zero-order valence-electron chi connectivity index (χ0n) is 11.9. The average molecular weight is 376 g/mol. The van der Waals surface area contributed by atoms with Crippen LogP contribution in [0.15, 0.2) is 22.7 Å². The summed E-state index contributed by atoms with van der Waals surface area (Å²) in [5.74, 6) is 1.72. The Morgan fingerprint density at radius 3 is 2.81 bits per heavy atom. The summed E-state index contributed by atoms with van der Waals surface area (Å²) in [4.78, 5) is 14.6. The first-order valence-electron chi connectivity index (χ1n) is 6.98. The summed E-state index contributed by atoms with van der Waals surface area (Å²) in [5, 5.41) is 0. The number of halogens is 2. The fourth-order valence-electron chi connectivity index (χ4n) is 3.49. The molecule has 6 heteroatoms. The molecule has 3 rings (SSSR count). The van der Waals surface area contributed by atoms with Gasteiger partial charge in [0.1, 0.15) is 5.75 Å². The van der Waals surface area contributed by atoms with Crippen LogP contribution in [0.25, 0.3) is 0 Å². The van der Waals surface area contributed by atoms with E-state index < -0.39 is 0 Å². The predicted molar refractivity (Wildman–Crippen MR) is 88.0 cm³/mol. The lowest BCUT2D eigenvalue weighted by atomic mass is 9.98. The number of methoxy groups -OCH3 is 1. The van der Waals surface area contributed by atoms with Gasteiger partial charge in [-0.15, -0.1) is 12.4 Å². The third-order valence-electron chi connectivity index (χ3n) is 4.59. The standard InChI is InChI=1S/C15H19BrN2O2.ClH/c1-20-14-6-10(16)3-4-11(14)15(19)18-7-9-2-5-13(17)12(9)8-18;/h3-4,6,9,12-13H,2,5,7-8,17H2,1H3;1H. The van der Waals surface area contributed by atoms with Crippen molar-refractivity contribution in [1.29, 1.82) is 0 Å². The summed E-state index contributed by atoms with van der Waals surface area (Å²) in [6, 6.07) is 5.78. The molecular formula is C15H20BrClN2O2. The van der Waals surface area contributed by atoms with Gasteiger partial charge < -0.3 is 15.4 Å². The first-order chi connectivity index (χ1) is 9.60. The third kappa shape index (κ3) is 3.05. The maximum atomic E-state index is 12.7. The molecule has 1 saturated heterocycles. The van der Waals surface area contributed by atoms with Gasteiger partial charge in [0.15, 0.2) is 0 Å². The van der Waals surface area contributed by atoms with Crippen molar-refractivity contribution in [3.8, 4) is 5.75 Å². The van der Waals surface area contributed by atoms with Gasteiger partial charge in [-0.05, 0) is 42.9 Å². The average Bonchev–Trinajstić information content (AvgIpc) is 3.00. The quantitative estimate of drug-likeness (QED) is 0.864. The number of rotatable bonds is 2. The van der Waals surface area contributed by atoms with Crippen LogP contribution in [0.2, 0.25) is 0 Å². The first-order valence-corrected chi connectivity index (χ1v) is 7.78. The van der Waals surface area contributed by atoms with Crippen LogP contribution in [-0.4, -0.2) is 37.0 Å². The van der Waals surface area contributed by atoms with E-state index in [4.69, 9.17) is 10.5 Å². The second-order valence-electron chi connectivity index (χ2n) is 5.72. The number of carbonyl (C=O) groups is 1. The van der Waals surface area contributed by atoms with Crippen LogP contribution in [-0.2, 0) is 0 Å². The Bertz CT molecular complexity index is 540. The topological polar surface area (TPSA) is 55.6 Å². The van der Waals surface area contributed by atoms with Crippen molar-refractivity contribution >= 4 is 34.2 Å². The monoisotopic (exact) mass is 374 g/mol. The summed E-state index contributed by atoms with van der Waals surface area (Å²) in [6.45, 7) is 1.61. The molecule has 1 amide bonds. The van der Waals surface area contributed by atoms with Gasteiger partial charge in [0, 0.05) is 23.6 Å². The summed E-state index contributed by atoms with van der Waals surface area (Å²) < 4.78 is 6.23. The highest BCUT2D eigenvalue weighted by Crippen LogP contribution is 2.38. The van der Waals surface area contributed by atoms with Crippen LogP contribution in [0.5, 0.6) is 5.75 Å². The van der Waals surface area contributed by atoms with Crippen molar-refractivity contribution in [3.63, 3.8) is 0 Å². The van der Waals surface area contributed by atoms with E-state index in [2.05, 4.69) is 15.9 Å². The molecule has 1 aliphatic carbocycles. The molecule has 1 aromatic rings. The van der Waals surface area contributed by atoms with Crippen molar-refractivity contribution in [2.45, 2.75) is 18.9 Å². The van der Waals surface area contributed by atoms with Crippen LogP contribution < -0.4 is 10.5 Å². The Morgan fingerprint density at radius 2 is 2.14 bits per heavy atom. The molecule has 0 aromatic heterocycles. The molecule has 4 nitrogen and oxygen atoms in total. The van der Waals surface area contributed by atoms with Crippen LogP contribution in [0.4, 0.5) is 0 Å². The minimum atomic E-state index is 0. The number of likely N-dealkylation sites (tertiary alicyclic amines) is 1. The largest absolute Gasteiger partial charge is 0.496 e. The number of carbonyl (C=O) groups excluding carboxylic acids is 1. The van der Waals surface area contributed by atoms with Crippen molar-refractivity contribution < 1.29 is 9.53 Å². The van der Waals surface area contributed by atoms with Crippen LogP contribution in [0.1, 0.15) is 23.2 Å². The molecule has 1 aromatic carbocycles. The lowest BCUT2D eigenvalue weighted by Gasteiger charge is -2.20. The van der Waals surface area contributed by atoms with E-state index in [-0.39, 0.29) is 24.4 Å². The fraction of sp³-hybridized carbons (Fsp3) is 0.533. The minimum absolute atomic E-state index is 0. The second-order valence-corrected chi connectivity index (χ2v) is 6.64. The van der Waals surface area contributed by atoms with Gasteiger partial charge in [0.25, 0.3) is 5.91 Å². The van der Waals surface area contributed by atoms with Gasteiger partial charge in [0.2, 0.25) is 0 Å². The van der Waals surface area contributed by atoms with E-state index in [1.807, 2.05) is 23.1 Å². The molecule has 3 unspecified atom stereocenters. The van der Waals surface area contributed by atoms with Gasteiger partial charge in [-0.2, -0.15) is 0 Å². The van der Waals surface area contributed by atoms with E-state index in [9.17, 15) is 4.79 Å². The zero-order chi connectivity index (χ0) is 14.3. The Kier molecular flexibility index (Phi) is 5.17. The molecule has 116 valence electrons. The van der Waals surface area contributed by atoms with Crippen molar-refractivity contribution in [2.24, 2.45) is 17.6 Å². The van der Waals surface area contributed by atoms with Gasteiger partial charge in [-0.3, -0.25) is 4.79 Å². The van der Waals surface area contributed by atoms with Gasteiger partial charge in [-0.1, -0.05) is 15.9 Å². The molecular weight excluding hydrogens is 356 g/mol. The summed E-state index contributed by atoms with van der Waals surface area (Å²) in [7, 11) is 1.59. The molecule has 2 aliphatic rings. The Balaban J connectivity index is 0.00000161. The Morgan fingerprint density at radius 1 is 1.38 bits per heavy atom. The van der Waals surface area contributed by atoms with Gasteiger partial charge in [-0.25, -0.2) is 0 Å². The van der Waals surface area contributed by atoms with E-state index in [0.29, 0.717) is 23.1 Å². The maximum Gasteiger partial charge on any atom is 0.257 e. The number of amides is 1. The molecule has 3 atom stereocenters. The number of benzene rings is 1. The summed E-state index contributed by atoms with van der Waals surface area (Å²) >= 11 is 3.40. The molecule has 0 spiro atoms. The van der Waals surface area contributed by atoms with Crippen molar-refractivity contribution in [1.82, 2.24) is 4.90 Å². The second kappa shape index (κ2) is 6.55. The number of nitrogens with zero attached hydrogens (tertiary/aromatic N) is 1. The summed E-state index contributed by atoms with van der Waals surface area (Å²) in [6.07, 6.45) is 2.24. The number of hydrogen-bond acceptors (Lipinski definition) is 3. The lowest BCUT2D eigenvalue weighted by Crippen LogP contribution is -2.33. The predicted octanol–water partition coefficient (Wildman–Crippen LogP) is 2.69. The number of ether oxygens (including phenoxy) is 1. The fourth-order valence-corrected chi connectivity index (χ4v) is 3.83. The molecule has 0 bridgehead atoms. The molecule has 1 saturated carbocycles. The minimum Gasteiger partial charge on any atom is -0.496 e. The third-order valence-corrected chi connectivity index (χ3v) is 5.09. The first kappa shape index (κ1) is 16.6. The lowest BCUT2D eigenvalue weighted by molar-refractivity contribution is 0.0776. The number of hydrogen-bond donors (Lipinski definition) is 1. The summed E-state index contributed by atoms with van der Waals surface area (Å²) in [5.41, 5.74) is 6.76. The molecule has 2 N–H and O–H groups in total. The van der Waals surface area contributed by atoms with Crippen LogP contribution >= 0.6 is 28.3 Å². The van der Waals surface area contributed by atoms with E-state index in [0.717, 1.165) is 30.4 Å². The van der Waals surface area contributed by atoms with E-state index in [1.54, 1.807) is 7.11 Å².